The van der Waals surface area contributed by atoms with Gasteiger partial charge in [-0.25, -0.2) is 9.78 Å². The van der Waals surface area contributed by atoms with Gasteiger partial charge in [0, 0.05) is 22.9 Å². The van der Waals surface area contributed by atoms with E-state index < -0.39 is 11.9 Å². The fourth-order valence-electron chi connectivity index (χ4n) is 7.71. The van der Waals surface area contributed by atoms with Crippen molar-refractivity contribution in [2.24, 2.45) is 17.8 Å². The molecule has 10 heteroatoms. The van der Waals surface area contributed by atoms with Gasteiger partial charge in [0.1, 0.15) is 24.0 Å². The number of piperidine rings is 1. The molecule has 3 heterocycles. The number of amides is 3. The van der Waals surface area contributed by atoms with Crippen molar-refractivity contribution in [3.63, 3.8) is 0 Å². The Hall–Kier alpha value is -3.27. The number of esters is 1. The highest BCUT2D eigenvalue weighted by Gasteiger charge is 2.53. The summed E-state index contributed by atoms with van der Waals surface area (Å²) >= 11 is 1.27. The molecular weight excluding hydrogens is 506 g/mol. The molecule has 3 amide bonds. The lowest BCUT2D eigenvalue weighted by atomic mass is 9.54. The molecule has 2 aliphatic heterocycles. The van der Waals surface area contributed by atoms with Crippen LogP contribution in [0.3, 0.4) is 0 Å². The standard InChI is InChI=1S/C28H29N3O6S/c32-23-5-4-21(24(33)30-23)31-12-20-19(26(31)34)2-1-3-22(20)36-13-18-14-38-25(29-18)27(35)37-28-9-15-6-16(10-28)8-17(7-15)11-28/h1-3,14-17,21H,4-13H2,(H,30,32,33). The molecule has 198 valence electrons. The summed E-state index contributed by atoms with van der Waals surface area (Å²) in [6, 6.07) is 4.57. The second-order valence-electron chi connectivity index (χ2n) is 11.6. The monoisotopic (exact) mass is 535 g/mol. The van der Waals surface area contributed by atoms with Crippen LogP contribution in [0.5, 0.6) is 5.75 Å². The average Bonchev–Trinajstić information content (AvgIpc) is 3.47. The third-order valence-electron chi connectivity index (χ3n) is 8.93. The molecule has 4 saturated carbocycles. The molecule has 2 aromatic rings. The molecule has 1 N–H and O–H groups in total. The maximum Gasteiger partial charge on any atom is 0.367 e. The van der Waals surface area contributed by atoms with Crippen LogP contribution >= 0.6 is 11.3 Å². The van der Waals surface area contributed by atoms with E-state index in [1.807, 2.05) is 0 Å². The Morgan fingerprint density at radius 1 is 1.11 bits per heavy atom. The van der Waals surface area contributed by atoms with Crippen molar-refractivity contribution >= 4 is 35.0 Å². The van der Waals surface area contributed by atoms with Gasteiger partial charge >= 0.3 is 5.97 Å². The second kappa shape index (κ2) is 8.90. The van der Waals surface area contributed by atoms with Crippen LogP contribution in [-0.2, 0) is 27.5 Å². The van der Waals surface area contributed by atoms with Gasteiger partial charge in [-0.05, 0) is 74.8 Å². The highest BCUT2D eigenvalue weighted by molar-refractivity contribution is 7.11. The van der Waals surface area contributed by atoms with Crippen LogP contribution in [0, 0.1) is 17.8 Å². The number of hydrogen-bond donors (Lipinski definition) is 1. The molecule has 1 saturated heterocycles. The van der Waals surface area contributed by atoms with Gasteiger partial charge in [0.15, 0.2) is 0 Å². The van der Waals surface area contributed by atoms with E-state index in [4.69, 9.17) is 9.47 Å². The van der Waals surface area contributed by atoms with E-state index in [0.717, 1.165) is 19.3 Å². The van der Waals surface area contributed by atoms with E-state index in [-0.39, 0.29) is 43.0 Å². The van der Waals surface area contributed by atoms with Gasteiger partial charge in [-0.15, -0.1) is 11.3 Å². The van der Waals surface area contributed by atoms with Crippen LogP contribution in [0.15, 0.2) is 23.6 Å². The lowest BCUT2D eigenvalue weighted by Gasteiger charge is -2.55. The van der Waals surface area contributed by atoms with E-state index in [9.17, 15) is 19.2 Å². The summed E-state index contributed by atoms with van der Waals surface area (Å²) < 4.78 is 12.2. The van der Waals surface area contributed by atoms with Crippen molar-refractivity contribution in [3.05, 3.63) is 45.4 Å². The predicted molar refractivity (Wildman–Crippen MR) is 135 cm³/mol. The highest BCUT2D eigenvalue weighted by atomic mass is 32.1. The maximum absolute atomic E-state index is 13.0. The number of rotatable bonds is 6. The molecule has 1 aromatic carbocycles. The number of aromatic nitrogens is 1. The molecule has 8 rings (SSSR count). The number of carbonyl (C=O) groups is 4. The number of ether oxygens (including phenoxy) is 2. The Balaban J connectivity index is 1.01. The first-order valence-corrected chi connectivity index (χ1v) is 14.3. The lowest BCUT2D eigenvalue weighted by Crippen LogP contribution is -2.52. The first-order valence-electron chi connectivity index (χ1n) is 13.4. The molecule has 5 fully saturated rings. The average molecular weight is 536 g/mol. The van der Waals surface area contributed by atoms with Crippen LogP contribution < -0.4 is 10.1 Å². The number of thiazole rings is 1. The number of imide groups is 1. The third-order valence-corrected chi connectivity index (χ3v) is 9.80. The predicted octanol–water partition coefficient (Wildman–Crippen LogP) is 3.61. The molecule has 38 heavy (non-hydrogen) atoms. The number of carbonyl (C=O) groups excluding carboxylic acids is 4. The normalized spacial score (nSPS) is 31.4. The van der Waals surface area contributed by atoms with Crippen LogP contribution in [0.1, 0.15) is 82.8 Å². The van der Waals surface area contributed by atoms with Crippen LogP contribution in [0.4, 0.5) is 0 Å². The van der Waals surface area contributed by atoms with Crippen molar-refractivity contribution in [2.45, 2.75) is 76.2 Å². The van der Waals surface area contributed by atoms with Crippen molar-refractivity contribution in [1.29, 1.82) is 0 Å². The smallest absolute Gasteiger partial charge is 0.367 e. The van der Waals surface area contributed by atoms with Gasteiger partial charge in [0.25, 0.3) is 5.91 Å². The molecule has 0 spiro atoms. The quantitative estimate of drug-likeness (QED) is 0.444. The molecule has 1 atom stereocenters. The molecule has 6 aliphatic rings. The third kappa shape index (κ3) is 4.09. The zero-order valence-electron chi connectivity index (χ0n) is 20.9. The molecule has 9 nitrogen and oxygen atoms in total. The zero-order valence-corrected chi connectivity index (χ0v) is 21.8. The minimum Gasteiger partial charge on any atom is -0.487 e. The zero-order chi connectivity index (χ0) is 26.0. The summed E-state index contributed by atoms with van der Waals surface area (Å²) in [5.41, 5.74) is 1.51. The fraction of sp³-hybridized carbons (Fsp3) is 0.536. The Morgan fingerprint density at radius 3 is 2.55 bits per heavy atom. The van der Waals surface area contributed by atoms with E-state index in [1.165, 1.54) is 35.5 Å². The summed E-state index contributed by atoms with van der Waals surface area (Å²) in [5, 5.41) is 4.47. The minimum atomic E-state index is -0.679. The summed E-state index contributed by atoms with van der Waals surface area (Å²) in [5.74, 6) is 1.28. The number of hydrogen-bond acceptors (Lipinski definition) is 8. The van der Waals surface area contributed by atoms with Crippen molar-refractivity contribution < 1.29 is 28.7 Å². The van der Waals surface area contributed by atoms with Crippen LogP contribution in [-0.4, -0.2) is 45.2 Å². The van der Waals surface area contributed by atoms with Crippen molar-refractivity contribution in [2.75, 3.05) is 0 Å². The summed E-state index contributed by atoms with van der Waals surface area (Å²) in [4.78, 5) is 55.9. The highest BCUT2D eigenvalue weighted by Crippen LogP contribution is 2.57. The Kier molecular flexibility index (Phi) is 5.58. The Bertz CT molecular complexity index is 1320. The molecule has 0 radical (unpaired) electrons. The van der Waals surface area contributed by atoms with Gasteiger partial charge in [0.05, 0.1) is 12.2 Å². The first-order chi connectivity index (χ1) is 18.4. The largest absolute Gasteiger partial charge is 0.487 e. The molecule has 1 unspecified atom stereocenters. The Morgan fingerprint density at radius 2 is 1.84 bits per heavy atom. The van der Waals surface area contributed by atoms with Gasteiger partial charge in [-0.1, -0.05) is 6.07 Å². The lowest BCUT2D eigenvalue weighted by molar-refractivity contribution is -0.137. The second-order valence-corrected chi connectivity index (χ2v) is 12.5. The summed E-state index contributed by atoms with van der Waals surface area (Å²) in [7, 11) is 0. The maximum atomic E-state index is 13.0. The molecule has 1 aromatic heterocycles. The number of nitrogens with one attached hydrogen (secondary N) is 1. The molecule has 4 bridgehead atoms. The van der Waals surface area contributed by atoms with E-state index >= 15 is 0 Å². The first kappa shape index (κ1) is 23.8. The Labute approximate surface area is 223 Å². The van der Waals surface area contributed by atoms with E-state index in [1.54, 1.807) is 23.6 Å². The van der Waals surface area contributed by atoms with Crippen LogP contribution in [0.25, 0.3) is 0 Å². The van der Waals surface area contributed by atoms with Gasteiger partial charge < -0.3 is 14.4 Å². The van der Waals surface area contributed by atoms with E-state index in [0.29, 0.717) is 51.8 Å². The summed E-state index contributed by atoms with van der Waals surface area (Å²) in [6.07, 6.45) is 7.33. The topological polar surface area (TPSA) is 115 Å². The van der Waals surface area contributed by atoms with Crippen molar-refractivity contribution in [3.8, 4) is 5.75 Å². The summed E-state index contributed by atoms with van der Waals surface area (Å²) in [6.45, 7) is 0.376. The van der Waals surface area contributed by atoms with E-state index in [2.05, 4.69) is 10.3 Å². The van der Waals surface area contributed by atoms with Gasteiger partial charge in [-0.3, -0.25) is 19.7 Å². The van der Waals surface area contributed by atoms with Gasteiger partial charge in [0.2, 0.25) is 16.8 Å². The van der Waals surface area contributed by atoms with Crippen LogP contribution in [0.2, 0.25) is 0 Å². The molecule has 4 aliphatic carbocycles. The fourth-order valence-corrected chi connectivity index (χ4v) is 8.38. The SMILES string of the molecule is O=C1CCC(N2Cc3c(OCc4csc(C(=O)OC56CC7CC(CC(C7)C5)C6)n4)cccc3C2=O)C(=O)N1. The number of nitrogens with zero attached hydrogens (tertiary/aromatic N) is 2. The number of fused-ring (bicyclic) bond motifs is 1. The van der Waals surface area contributed by atoms with Crippen molar-refractivity contribution in [1.82, 2.24) is 15.2 Å². The molecular formula is C28H29N3O6S. The number of benzene rings is 1. The van der Waals surface area contributed by atoms with Gasteiger partial charge in [-0.2, -0.15) is 0 Å². The minimum absolute atomic E-state index is 0.143.